The minimum absolute atomic E-state index is 0.282. The molecule has 2 amide bonds. The molecule has 3 rings (SSSR count). The Morgan fingerprint density at radius 1 is 1.19 bits per heavy atom. The van der Waals surface area contributed by atoms with Crippen LogP contribution in [0.15, 0.2) is 36.4 Å². The van der Waals surface area contributed by atoms with E-state index in [-0.39, 0.29) is 5.91 Å². The molecular weight excluding hydrogens is 382 g/mol. The summed E-state index contributed by atoms with van der Waals surface area (Å²) in [5.41, 5.74) is 3.61. The fourth-order valence-corrected chi connectivity index (χ4v) is 4.27. The van der Waals surface area contributed by atoms with Gasteiger partial charge in [0.15, 0.2) is 0 Å². The minimum atomic E-state index is -0.282. The molecule has 142 valence electrons. The number of nitrogens with one attached hydrogen (secondary N) is 2. The number of benzene rings is 2. The summed E-state index contributed by atoms with van der Waals surface area (Å²) in [6, 6.07) is 10.9. The lowest BCUT2D eigenvalue weighted by atomic mass is 10.1. The van der Waals surface area contributed by atoms with Gasteiger partial charge in [-0.3, -0.25) is 9.59 Å². The number of amides is 2. The molecule has 2 aromatic carbocycles. The fraction of sp³-hybridized carbons (Fsp3) is 0.300. The number of aryl methyl sites for hydroxylation is 1. The number of halogens is 1. The molecule has 1 fully saturated rings. The van der Waals surface area contributed by atoms with Crippen LogP contribution >= 0.6 is 23.5 Å². The molecule has 0 atom stereocenters. The monoisotopic (exact) mass is 403 g/mol. The van der Waals surface area contributed by atoms with E-state index in [1.807, 2.05) is 37.1 Å². The first-order valence-electron chi connectivity index (χ1n) is 8.90. The van der Waals surface area contributed by atoms with Crippen molar-refractivity contribution in [1.82, 2.24) is 0 Å². The lowest BCUT2D eigenvalue weighted by molar-refractivity contribution is -0.105. The highest BCUT2D eigenvalue weighted by molar-refractivity contribution is 8.00. The largest absolute Gasteiger partial charge is 0.328 e. The zero-order valence-electron chi connectivity index (χ0n) is 15.1. The van der Waals surface area contributed by atoms with Crippen LogP contribution in [0.4, 0.5) is 17.1 Å². The molecule has 0 spiro atoms. The van der Waals surface area contributed by atoms with E-state index in [0.717, 1.165) is 30.0 Å². The summed E-state index contributed by atoms with van der Waals surface area (Å²) in [6.45, 7) is 2.87. The Morgan fingerprint density at radius 2 is 2.04 bits per heavy atom. The van der Waals surface area contributed by atoms with Gasteiger partial charge < -0.3 is 14.9 Å². The molecule has 1 saturated heterocycles. The number of carbonyl (C=O) groups excluding carboxylic acids is 2. The van der Waals surface area contributed by atoms with Gasteiger partial charge in [-0.05, 0) is 67.6 Å². The Morgan fingerprint density at radius 3 is 2.81 bits per heavy atom. The quantitative estimate of drug-likeness (QED) is 0.538. The van der Waals surface area contributed by atoms with Crippen molar-refractivity contribution in [3.63, 3.8) is 0 Å². The van der Waals surface area contributed by atoms with Crippen molar-refractivity contribution < 1.29 is 9.59 Å². The van der Waals surface area contributed by atoms with Crippen LogP contribution in [0.1, 0.15) is 35.2 Å². The maximum absolute atomic E-state index is 12.6. The molecule has 5 nitrogen and oxygen atoms in total. The molecule has 0 aromatic heterocycles. The van der Waals surface area contributed by atoms with Crippen LogP contribution in [-0.2, 0) is 4.79 Å². The lowest BCUT2D eigenvalue weighted by Crippen LogP contribution is -2.16. The van der Waals surface area contributed by atoms with Gasteiger partial charge in [-0.2, -0.15) is 0 Å². The summed E-state index contributed by atoms with van der Waals surface area (Å²) in [5.74, 6) is 0.820. The molecule has 2 N–H and O–H groups in total. The number of rotatable bonds is 5. The number of nitrogens with zero attached hydrogens (tertiary/aromatic N) is 1. The summed E-state index contributed by atoms with van der Waals surface area (Å²) in [5, 5.41) is 5.88. The van der Waals surface area contributed by atoms with Crippen LogP contribution in [-0.4, -0.2) is 24.6 Å². The predicted molar refractivity (Wildman–Crippen MR) is 114 cm³/mol. The van der Waals surface area contributed by atoms with Gasteiger partial charge in [0.1, 0.15) is 0 Å². The van der Waals surface area contributed by atoms with E-state index >= 15 is 0 Å². The van der Waals surface area contributed by atoms with E-state index in [1.165, 1.54) is 12.8 Å². The van der Waals surface area contributed by atoms with Crippen LogP contribution in [0, 0.1) is 6.92 Å². The molecule has 2 aromatic rings. The smallest absolute Gasteiger partial charge is 0.257 e. The van der Waals surface area contributed by atoms with Crippen molar-refractivity contribution in [3.05, 3.63) is 52.5 Å². The van der Waals surface area contributed by atoms with Gasteiger partial charge in [0.2, 0.25) is 6.41 Å². The normalized spacial score (nSPS) is 14.4. The molecule has 0 aliphatic carbocycles. The van der Waals surface area contributed by atoms with E-state index in [4.69, 9.17) is 11.6 Å². The maximum Gasteiger partial charge on any atom is 0.257 e. The van der Waals surface area contributed by atoms with Crippen LogP contribution in [0.2, 0.25) is 5.02 Å². The van der Waals surface area contributed by atoms with Crippen molar-refractivity contribution in [3.8, 4) is 0 Å². The van der Waals surface area contributed by atoms with Gasteiger partial charge in [-0.25, -0.2) is 0 Å². The van der Waals surface area contributed by atoms with Gasteiger partial charge in [0.05, 0.1) is 10.6 Å². The maximum atomic E-state index is 12.6. The fourth-order valence-electron chi connectivity index (χ4n) is 2.94. The van der Waals surface area contributed by atoms with E-state index in [2.05, 4.69) is 14.9 Å². The van der Waals surface area contributed by atoms with Crippen molar-refractivity contribution >= 4 is 52.9 Å². The van der Waals surface area contributed by atoms with Crippen LogP contribution in [0.25, 0.3) is 0 Å². The number of hydrogen-bond acceptors (Lipinski definition) is 4. The highest BCUT2D eigenvalue weighted by Gasteiger charge is 2.16. The number of hydrogen-bond donors (Lipinski definition) is 2. The van der Waals surface area contributed by atoms with Crippen molar-refractivity contribution in [2.75, 3.05) is 27.2 Å². The molecule has 0 radical (unpaired) electrons. The van der Waals surface area contributed by atoms with E-state index < -0.39 is 0 Å². The van der Waals surface area contributed by atoms with Gasteiger partial charge >= 0.3 is 0 Å². The van der Waals surface area contributed by atoms with Crippen LogP contribution < -0.4 is 14.9 Å². The predicted octanol–water partition coefficient (Wildman–Crippen LogP) is 5.11. The first-order chi connectivity index (χ1) is 13.1. The summed E-state index contributed by atoms with van der Waals surface area (Å²) in [6.07, 6.45) is 4.25. The third kappa shape index (κ3) is 4.96. The molecular formula is C20H22ClN3O2S. The van der Waals surface area contributed by atoms with Gasteiger partial charge in [-0.1, -0.05) is 24.1 Å². The second-order valence-corrected chi connectivity index (χ2v) is 7.92. The minimum Gasteiger partial charge on any atom is -0.328 e. The Labute approximate surface area is 168 Å². The first-order valence-corrected chi connectivity index (χ1v) is 10.2. The Bertz CT molecular complexity index is 836. The third-order valence-electron chi connectivity index (χ3n) is 4.45. The zero-order chi connectivity index (χ0) is 19.2. The van der Waals surface area contributed by atoms with E-state index in [9.17, 15) is 9.59 Å². The lowest BCUT2D eigenvalue weighted by Gasteiger charge is -2.21. The van der Waals surface area contributed by atoms with Crippen molar-refractivity contribution in [1.29, 1.82) is 0 Å². The standard InChI is InChI=1S/C20H22ClN3O2S/c1-14-5-6-15(11-19(14)22-13-25)23-20(26)17-8-7-16(12-18(17)21)24-9-3-2-4-10-27-24/h5-8,11-13H,2-4,9-10H2,1H3,(H,22,25)(H,23,26). The Balaban J connectivity index is 1.75. The topological polar surface area (TPSA) is 61.4 Å². The molecule has 27 heavy (non-hydrogen) atoms. The van der Waals surface area contributed by atoms with Crippen molar-refractivity contribution in [2.24, 2.45) is 0 Å². The summed E-state index contributed by atoms with van der Waals surface area (Å²) >= 11 is 8.21. The van der Waals surface area contributed by atoms with Crippen LogP contribution in [0.3, 0.4) is 0 Å². The van der Waals surface area contributed by atoms with Crippen LogP contribution in [0.5, 0.6) is 0 Å². The van der Waals surface area contributed by atoms with Gasteiger partial charge in [-0.15, -0.1) is 0 Å². The SMILES string of the molecule is Cc1ccc(NC(=O)c2ccc(N3CCCCCS3)cc2Cl)cc1NC=O. The second kappa shape index (κ2) is 9.15. The molecule has 0 saturated carbocycles. The Hall–Kier alpha value is -2.18. The number of carbonyl (C=O) groups is 2. The molecule has 1 aliphatic heterocycles. The average Bonchev–Trinajstić information content (AvgIpc) is 2.94. The van der Waals surface area contributed by atoms with Gasteiger partial charge in [0.25, 0.3) is 5.91 Å². The van der Waals surface area contributed by atoms with E-state index in [0.29, 0.717) is 28.4 Å². The second-order valence-electron chi connectivity index (χ2n) is 6.41. The summed E-state index contributed by atoms with van der Waals surface area (Å²) < 4.78 is 2.25. The number of anilines is 3. The highest BCUT2D eigenvalue weighted by Crippen LogP contribution is 2.31. The summed E-state index contributed by atoms with van der Waals surface area (Å²) in [4.78, 5) is 23.3. The summed E-state index contributed by atoms with van der Waals surface area (Å²) in [7, 11) is 0. The highest BCUT2D eigenvalue weighted by atomic mass is 35.5. The molecule has 0 bridgehead atoms. The van der Waals surface area contributed by atoms with E-state index in [1.54, 1.807) is 18.2 Å². The molecule has 1 heterocycles. The first kappa shape index (κ1) is 19.6. The molecule has 7 heteroatoms. The Kier molecular flexibility index (Phi) is 6.63. The third-order valence-corrected chi connectivity index (χ3v) is 5.94. The zero-order valence-corrected chi connectivity index (χ0v) is 16.7. The molecule has 0 unspecified atom stereocenters. The average molecular weight is 404 g/mol. The van der Waals surface area contributed by atoms with Gasteiger partial charge in [0, 0.05) is 29.4 Å². The van der Waals surface area contributed by atoms with Crippen molar-refractivity contribution in [2.45, 2.75) is 26.2 Å². The molecule has 1 aliphatic rings.